The molecule has 2 aromatic carbocycles. The molecule has 2 heterocycles. The van der Waals surface area contributed by atoms with Gasteiger partial charge in [-0.1, -0.05) is 6.07 Å². The lowest BCUT2D eigenvalue weighted by Gasteiger charge is -2.11. The van der Waals surface area contributed by atoms with Gasteiger partial charge >= 0.3 is 6.18 Å². The summed E-state index contributed by atoms with van der Waals surface area (Å²) in [4.78, 5) is 24.1. The number of aromatic amines is 1. The van der Waals surface area contributed by atoms with Crippen LogP contribution in [0.5, 0.6) is 11.5 Å². The highest BCUT2D eigenvalue weighted by Gasteiger charge is 2.31. The molecular weight excluding hydrogens is 435 g/mol. The molecule has 170 valence electrons. The van der Waals surface area contributed by atoms with Gasteiger partial charge in [-0.25, -0.2) is 4.98 Å². The molecule has 0 saturated carbocycles. The van der Waals surface area contributed by atoms with Crippen molar-refractivity contribution >= 4 is 10.9 Å². The molecule has 9 heteroatoms. The molecule has 0 bridgehead atoms. The lowest BCUT2D eigenvalue weighted by atomic mass is 10.0. The van der Waals surface area contributed by atoms with E-state index in [1.807, 2.05) is 0 Å². The number of ether oxygens (including phenoxy) is 2. The largest absolute Gasteiger partial charge is 0.493 e. The molecule has 0 aliphatic carbocycles. The molecule has 6 nitrogen and oxygen atoms in total. The summed E-state index contributed by atoms with van der Waals surface area (Å²) in [6.45, 7) is 1.61. The number of H-pyrrole nitrogens is 1. The van der Waals surface area contributed by atoms with Gasteiger partial charge in [0.05, 0.1) is 36.4 Å². The van der Waals surface area contributed by atoms with Crippen molar-refractivity contribution in [1.29, 1.82) is 0 Å². The number of methoxy groups -OCH3 is 2. The Bertz CT molecular complexity index is 1380. The summed E-state index contributed by atoms with van der Waals surface area (Å²) in [7, 11) is 2.98. The minimum absolute atomic E-state index is 0.286. The van der Waals surface area contributed by atoms with Crippen LogP contribution in [0.2, 0.25) is 0 Å². The van der Waals surface area contributed by atoms with E-state index in [1.165, 1.54) is 14.2 Å². The van der Waals surface area contributed by atoms with Crippen molar-refractivity contribution in [2.75, 3.05) is 14.2 Å². The van der Waals surface area contributed by atoms with Crippen LogP contribution < -0.4 is 15.0 Å². The molecule has 2 aromatic heterocycles. The topological polar surface area (TPSA) is 77.1 Å². The number of nitrogens with zero attached hydrogens (tertiary/aromatic N) is 2. The fourth-order valence-corrected chi connectivity index (χ4v) is 3.59. The molecule has 4 aromatic rings. The molecule has 4 rings (SSSR count). The van der Waals surface area contributed by atoms with Gasteiger partial charge in [0.2, 0.25) is 0 Å². The molecule has 1 N–H and O–H groups in total. The zero-order valence-corrected chi connectivity index (χ0v) is 18.1. The highest BCUT2D eigenvalue weighted by Crippen LogP contribution is 2.33. The van der Waals surface area contributed by atoms with E-state index in [9.17, 15) is 18.0 Å². The van der Waals surface area contributed by atoms with Crippen LogP contribution in [0, 0.1) is 6.92 Å². The van der Waals surface area contributed by atoms with Crippen molar-refractivity contribution in [3.05, 3.63) is 81.5 Å². The summed E-state index contributed by atoms with van der Waals surface area (Å²) in [5.41, 5.74) is 1.46. The van der Waals surface area contributed by atoms with Crippen LogP contribution in [0.3, 0.4) is 0 Å². The van der Waals surface area contributed by atoms with Crippen LogP contribution >= 0.6 is 0 Å². The number of alkyl halides is 3. The van der Waals surface area contributed by atoms with Crippen LogP contribution in [0.4, 0.5) is 13.2 Å². The summed E-state index contributed by atoms with van der Waals surface area (Å²) < 4.78 is 49.9. The summed E-state index contributed by atoms with van der Waals surface area (Å²) in [6.07, 6.45) is -2.58. The fourth-order valence-electron chi connectivity index (χ4n) is 3.59. The van der Waals surface area contributed by atoms with Crippen molar-refractivity contribution in [3.63, 3.8) is 0 Å². The van der Waals surface area contributed by atoms with Crippen LogP contribution in [-0.4, -0.2) is 29.2 Å². The molecule has 0 amide bonds. The highest BCUT2D eigenvalue weighted by molar-refractivity contribution is 5.81. The second-order valence-electron chi connectivity index (χ2n) is 7.55. The van der Waals surface area contributed by atoms with Crippen LogP contribution in [0.1, 0.15) is 22.5 Å². The number of halogens is 3. The fraction of sp³-hybridized carbons (Fsp3) is 0.208. The first-order valence-corrected chi connectivity index (χ1v) is 9.97. The van der Waals surface area contributed by atoms with Gasteiger partial charge < -0.3 is 14.5 Å². The van der Waals surface area contributed by atoms with E-state index >= 15 is 0 Å². The van der Waals surface area contributed by atoms with Gasteiger partial charge in [-0.05, 0) is 48.4 Å². The van der Waals surface area contributed by atoms with Crippen molar-refractivity contribution in [2.45, 2.75) is 19.5 Å². The quantitative estimate of drug-likeness (QED) is 0.462. The highest BCUT2D eigenvalue weighted by atomic mass is 19.4. The third-order valence-corrected chi connectivity index (χ3v) is 5.16. The second kappa shape index (κ2) is 8.57. The Labute approximate surface area is 187 Å². The summed E-state index contributed by atoms with van der Waals surface area (Å²) in [6, 6.07) is 10.4. The maximum absolute atomic E-state index is 13.1. The van der Waals surface area contributed by atoms with E-state index < -0.39 is 11.7 Å². The third-order valence-electron chi connectivity index (χ3n) is 5.16. The number of hydrogen-bond acceptors (Lipinski definition) is 5. The standard InChI is InChI=1S/C24H20F3N3O3/c1-13-6-15(9-16(7-13)24(25,26)27)18-5-4-14(12-28-18)8-22-29-19-11-21(33-3)20(32-2)10-17(19)23(31)30-22/h4-7,9-12H,8H2,1-3H3,(H,29,30,31). The first-order valence-electron chi connectivity index (χ1n) is 9.97. The van der Waals surface area contributed by atoms with E-state index in [2.05, 4.69) is 15.0 Å². The van der Waals surface area contributed by atoms with Crippen molar-refractivity contribution in [3.8, 4) is 22.8 Å². The zero-order valence-electron chi connectivity index (χ0n) is 18.1. The summed E-state index contributed by atoms with van der Waals surface area (Å²) in [5, 5.41) is 0.366. The predicted octanol–water partition coefficient (Wildman–Crippen LogP) is 4.92. The Morgan fingerprint density at radius 1 is 1.00 bits per heavy atom. The number of aromatic nitrogens is 3. The lowest BCUT2D eigenvalue weighted by molar-refractivity contribution is -0.137. The predicted molar refractivity (Wildman–Crippen MR) is 118 cm³/mol. The minimum atomic E-state index is -4.43. The molecular formula is C24H20F3N3O3. The molecule has 0 radical (unpaired) electrons. The molecule has 0 saturated heterocycles. The van der Waals surface area contributed by atoms with Gasteiger partial charge in [0.1, 0.15) is 5.82 Å². The number of fused-ring (bicyclic) bond motifs is 1. The Hall–Kier alpha value is -3.88. The number of benzene rings is 2. The summed E-state index contributed by atoms with van der Waals surface area (Å²) >= 11 is 0. The number of nitrogens with one attached hydrogen (secondary N) is 1. The molecule has 0 aliphatic heterocycles. The maximum atomic E-state index is 13.1. The zero-order chi connectivity index (χ0) is 23.8. The summed E-state index contributed by atoms with van der Waals surface area (Å²) in [5.74, 6) is 1.30. The Morgan fingerprint density at radius 2 is 1.73 bits per heavy atom. The third kappa shape index (κ3) is 4.67. The van der Waals surface area contributed by atoms with Gasteiger partial charge in [0, 0.05) is 24.2 Å². The van der Waals surface area contributed by atoms with Gasteiger partial charge in [0.15, 0.2) is 11.5 Å². The molecule has 0 aliphatic rings. The molecule has 0 unspecified atom stereocenters. The van der Waals surface area contributed by atoms with E-state index in [0.717, 1.165) is 17.7 Å². The van der Waals surface area contributed by atoms with Crippen molar-refractivity contribution in [2.24, 2.45) is 0 Å². The van der Waals surface area contributed by atoms with Crippen LogP contribution in [0.25, 0.3) is 22.2 Å². The number of pyridine rings is 1. The number of rotatable bonds is 5. The first-order chi connectivity index (χ1) is 15.7. The Morgan fingerprint density at radius 3 is 2.36 bits per heavy atom. The van der Waals surface area contributed by atoms with Crippen molar-refractivity contribution < 1.29 is 22.6 Å². The van der Waals surface area contributed by atoms with Crippen LogP contribution in [0.15, 0.2) is 53.5 Å². The molecule has 0 fully saturated rings. The Kier molecular flexibility index (Phi) is 5.80. The number of hydrogen-bond donors (Lipinski definition) is 1. The van der Waals surface area contributed by atoms with Crippen molar-refractivity contribution in [1.82, 2.24) is 15.0 Å². The SMILES string of the molecule is COc1cc2nc(Cc3ccc(-c4cc(C)cc(C(F)(F)F)c4)nc3)[nH]c(=O)c2cc1OC. The van der Waals surface area contributed by atoms with E-state index in [0.29, 0.717) is 45.0 Å². The maximum Gasteiger partial charge on any atom is 0.416 e. The lowest BCUT2D eigenvalue weighted by Crippen LogP contribution is -2.12. The average Bonchev–Trinajstić information content (AvgIpc) is 2.77. The van der Waals surface area contributed by atoms with Gasteiger partial charge in [0.25, 0.3) is 5.56 Å². The molecule has 0 spiro atoms. The monoisotopic (exact) mass is 455 g/mol. The molecule has 33 heavy (non-hydrogen) atoms. The molecule has 0 atom stereocenters. The van der Waals surface area contributed by atoms with E-state index in [-0.39, 0.29) is 12.0 Å². The average molecular weight is 455 g/mol. The second-order valence-corrected chi connectivity index (χ2v) is 7.55. The Balaban J connectivity index is 1.63. The normalized spacial score (nSPS) is 11.6. The first kappa shape index (κ1) is 22.3. The number of aryl methyl sites for hydroxylation is 1. The van der Waals surface area contributed by atoms with Gasteiger partial charge in [-0.2, -0.15) is 13.2 Å². The minimum Gasteiger partial charge on any atom is -0.493 e. The van der Waals surface area contributed by atoms with E-state index in [1.54, 1.807) is 43.5 Å². The van der Waals surface area contributed by atoms with Gasteiger partial charge in [-0.15, -0.1) is 0 Å². The van der Waals surface area contributed by atoms with E-state index in [4.69, 9.17) is 9.47 Å². The van der Waals surface area contributed by atoms with Crippen LogP contribution in [-0.2, 0) is 12.6 Å². The van der Waals surface area contributed by atoms with Gasteiger partial charge in [-0.3, -0.25) is 9.78 Å². The smallest absolute Gasteiger partial charge is 0.416 e.